The van der Waals surface area contributed by atoms with Crippen LogP contribution in [0.25, 0.3) is 11.1 Å². The molecule has 0 aliphatic carbocycles. The van der Waals surface area contributed by atoms with E-state index in [4.69, 9.17) is 14.2 Å². The van der Waals surface area contributed by atoms with Gasteiger partial charge >= 0.3 is 5.97 Å². The van der Waals surface area contributed by atoms with Crippen LogP contribution in [0.15, 0.2) is 78.9 Å². The molecular formula is C24H22O5. The molecule has 3 rings (SSSR count). The molecule has 29 heavy (non-hydrogen) atoms. The van der Waals surface area contributed by atoms with Crippen molar-refractivity contribution in [1.29, 1.82) is 0 Å². The zero-order chi connectivity index (χ0) is 20.5. The lowest BCUT2D eigenvalue weighted by molar-refractivity contribution is -0.144. The van der Waals surface area contributed by atoms with E-state index in [-0.39, 0.29) is 19.0 Å². The number of benzene rings is 3. The Balaban J connectivity index is 1.45. The first-order valence-electron chi connectivity index (χ1n) is 9.35. The summed E-state index contributed by atoms with van der Waals surface area (Å²) in [7, 11) is 0. The van der Waals surface area contributed by atoms with Gasteiger partial charge in [0.25, 0.3) is 0 Å². The second-order valence-electron chi connectivity index (χ2n) is 6.22. The van der Waals surface area contributed by atoms with E-state index in [0.29, 0.717) is 17.9 Å². The van der Waals surface area contributed by atoms with Gasteiger partial charge < -0.3 is 14.2 Å². The van der Waals surface area contributed by atoms with Gasteiger partial charge in [0.05, 0.1) is 6.61 Å². The molecule has 0 bridgehead atoms. The van der Waals surface area contributed by atoms with Crippen molar-refractivity contribution in [2.24, 2.45) is 0 Å². The molecule has 0 radical (unpaired) electrons. The predicted molar refractivity (Wildman–Crippen MR) is 110 cm³/mol. The number of esters is 1. The Morgan fingerprint density at radius 3 is 1.90 bits per heavy atom. The van der Waals surface area contributed by atoms with Crippen molar-refractivity contribution in [2.75, 3.05) is 19.8 Å². The second-order valence-corrected chi connectivity index (χ2v) is 6.22. The van der Waals surface area contributed by atoms with E-state index < -0.39 is 5.97 Å². The van der Waals surface area contributed by atoms with Crippen LogP contribution in [-0.4, -0.2) is 31.6 Å². The summed E-state index contributed by atoms with van der Waals surface area (Å²) < 4.78 is 15.7. The third-order valence-electron chi connectivity index (χ3n) is 4.17. The SMILES string of the molecule is CCOc1ccc(OCC(=O)OCC(=O)c2ccc(-c3ccccc3)cc2)cc1. The smallest absolute Gasteiger partial charge is 0.344 e. The predicted octanol–water partition coefficient (Wildman–Crippen LogP) is 4.56. The minimum absolute atomic E-state index is 0.265. The van der Waals surface area contributed by atoms with E-state index in [1.165, 1.54) is 0 Å². The van der Waals surface area contributed by atoms with Crippen LogP contribution < -0.4 is 9.47 Å². The van der Waals surface area contributed by atoms with Crippen LogP contribution in [0, 0.1) is 0 Å². The van der Waals surface area contributed by atoms with Crippen molar-refractivity contribution in [3.8, 4) is 22.6 Å². The molecule has 3 aromatic rings. The number of ether oxygens (including phenoxy) is 3. The minimum Gasteiger partial charge on any atom is -0.494 e. The number of rotatable bonds is 9. The maximum atomic E-state index is 12.2. The molecule has 5 heteroatoms. The van der Waals surface area contributed by atoms with Crippen molar-refractivity contribution < 1.29 is 23.8 Å². The fourth-order valence-corrected chi connectivity index (χ4v) is 2.69. The highest BCUT2D eigenvalue weighted by atomic mass is 16.6. The van der Waals surface area contributed by atoms with Crippen LogP contribution in [0.1, 0.15) is 17.3 Å². The largest absolute Gasteiger partial charge is 0.494 e. The standard InChI is InChI=1S/C24H22O5/c1-2-27-21-12-14-22(15-13-21)28-17-24(26)29-16-23(25)20-10-8-19(9-11-20)18-6-4-3-5-7-18/h3-15H,2,16-17H2,1H3. The molecule has 0 unspecified atom stereocenters. The Morgan fingerprint density at radius 2 is 1.28 bits per heavy atom. The molecule has 0 amide bonds. The summed E-state index contributed by atoms with van der Waals surface area (Å²) >= 11 is 0. The molecule has 148 valence electrons. The van der Waals surface area contributed by atoms with Crippen molar-refractivity contribution >= 4 is 11.8 Å². The number of hydrogen-bond donors (Lipinski definition) is 0. The first-order valence-corrected chi connectivity index (χ1v) is 9.35. The Labute approximate surface area is 169 Å². The lowest BCUT2D eigenvalue weighted by Gasteiger charge is -2.08. The zero-order valence-electron chi connectivity index (χ0n) is 16.2. The fourth-order valence-electron chi connectivity index (χ4n) is 2.69. The summed E-state index contributed by atoms with van der Waals surface area (Å²) in [5, 5.41) is 0. The van der Waals surface area contributed by atoms with Gasteiger partial charge in [-0.3, -0.25) is 4.79 Å². The van der Waals surface area contributed by atoms with Crippen LogP contribution in [0.5, 0.6) is 11.5 Å². The van der Waals surface area contributed by atoms with Crippen molar-refractivity contribution in [3.63, 3.8) is 0 Å². The van der Waals surface area contributed by atoms with Gasteiger partial charge in [-0.15, -0.1) is 0 Å². The average Bonchev–Trinajstić information content (AvgIpc) is 2.78. The summed E-state index contributed by atoms with van der Waals surface area (Å²) in [6.45, 7) is 1.89. The number of carbonyl (C=O) groups excluding carboxylic acids is 2. The van der Waals surface area contributed by atoms with Crippen LogP contribution in [0.2, 0.25) is 0 Å². The van der Waals surface area contributed by atoms with Crippen LogP contribution >= 0.6 is 0 Å². The van der Waals surface area contributed by atoms with Crippen molar-refractivity contribution in [2.45, 2.75) is 6.92 Å². The maximum absolute atomic E-state index is 12.2. The molecule has 0 saturated heterocycles. The lowest BCUT2D eigenvalue weighted by Crippen LogP contribution is -2.19. The van der Waals surface area contributed by atoms with Gasteiger partial charge in [0.1, 0.15) is 11.5 Å². The van der Waals surface area contributed by atoms with Gasteiger partial charge in [-0.2, -0.15) is 0 Å². The van der Waals surface area contributed by atoms with E-state index in [0.717, 1.165) is 16.9 Å². The molecule has 0 N–H and O–H groups in total. The summed E-state index contributed by atoms with van der Waals surface area (Å²) in [5.74, 6) is 0.381. The summed E-state index contributed by atoms with van der Waals surface area (Å²) in [4.78, 5) is 24.1. The monoisotopic (exact) mass is 390 g/mol. The quantitative estimate of drug-likeness (QED) is 0.396. The topological polar surface area (TPSA) is 61.8 Å². The van der Waals surface area contributed by atoms with Crippen LogP contribution in [0.4, 0.5) is 0 Å². The molecule has 0 atom stereocenters. The molecular weight excluding hydrogens is 368 g/mol. The first-order chi connectivity index (χ1) is 14.2. The van der Waals surface area contributed by atoms with E-state index in [9.17, 15) is 9.59 Å². The highest BCUT2D eigenvalue weighted by Crippen LogP contribution is 2.20. The van der Waals surface area contributed by atoms with E-state index in [2.05, 4.69) is 0 Å². The Hall–Kier alpha value is -3.60. The third-order valence-corrected chi connectivity index (χ3v) is 4.17. The van der Waals surface area contributed by atoms with Crippen LogP contribution in [-0.2, 0) is 9.53 Å². The van der Waals surface area contributed by atoms with Gasteiger partial charge in [0.15, 0.2) is 19.0 Å². The van der Waals surface area contributed by atoms with Crippen molar-refractivity contribution in [1.82, 2.24) is 0 Å². The fraction of sp³-hybridized carbons (Fsp3) is 0.167. The first kappa shape index (κ1) is 20.1. The average molecular weight is 390 g/mol. The molecule has 0 fully saturated rings. The molecule has 0 aromatic heterocycles. The van der Waals surface area contributed by atoms with Gasteiger partial charge in [0, 0.05) is 5.56 Å². The van der Waals surface area contributed by atoms with E-state index in [1.54, 1.807) is 36.4 Å². The lowest BCUT2D eigenvalue weighted by atomic mass is 10.0. The molecule has 0 heterocycles. The molecule has 0 aliphatic heterocycles. The highest BCUT2D eigenvalue weighted by molar-refractivity contribution is 5.98. The highest BCUT2D eigenvalue weighted by Gasteiger charge is 2.11. The second kappa shape index (κ2) is 10.1. The number of carbonyl (C=O) groups is 2. The molecule has 0 saturated carbocycles. The Kier molecular flexibility index (Phi) is 7.00. The van der Waals surface area contributed by atoms with Gasteiger partial charge in [-0.1, -0.05) is 54.6 Å². The number of Topliss-reactive ketones (excluding diaryl/α,β-unsaturated/α-hetero) is 1. The summed E-state index contributed by atoms with van der Waals surface area (Å²) in [6, 6.07) is 24.0. The molecule has 5 nitrogen and oxygen atoms in total. The maximum Gasteiger partial charge on any atom is 0.344 e. The molecule has 3 aromatic carbocycles. The number of ketones is 1. The minimum atomic E-state index is -0.604. The van der Waals surface area contributed by atoms with Gasteiger partial charge in [0.2, 0.25) is 0 Å². The van der Waals surface area contributed by atoms with Crippen molar-refractivity contribution in [3.05, 3.63) is 84.4 Å². The number of hydrogen-bond acceptors (Lipinski definition) is 5. The van der Waals surface area contributed by atoms with E-state index >= 15 is 0 Å². The molecule has 0 aliphatic rings. The van der Waals surface area contributed by atoms with Gasteiger partial charge in [-0.25, -0.2) is 4.79 Å². The Morgan fingerprint density at radius 1 is 0.690 bits per heavy atom. The summed E-state index contributed by atoms with van der Waals surface area (Å²) in [5.41, 5.74) is 2.58. The Bertz CT molecular complexity index is 931. The zero-order valence-corrected chi connectivity index (χ0v) is 16.2. The van der Waals surface area contributed by atoms with E-state index in [1.807, 2.05) is 49.4 Å². The molecule has 0 spiro atoms. The van der Waals surface area contributed by atoms with Crippen LogP contribution in [0.3, 0.4) is 0 Å². The normalized spacial score (nSPS) is 10.2. The summed E-state index contributed by atoms with van der Waals surface area (Å²) in [6.07, 6.45) is 0. The van der Waals surface area contributed by atoms with Gasteiger partial charge in [-0.05, 0) is 42.3 Å². The third kappa shape index (κ3) is 5.94.